The van der Waals surface area contributed by atoms with Gasteiger partial charge in [0.1, 0.15) is 6.04 Å². The topological polar surface area (TPSA) is 81.4 Å². The maximum Gasteiger partial charge on any atom is 0.329 e. The number of carbonyl (C=O) groups excluding carboxylic acids is 2. The van der Waals surface area contributed by atoms with Gasteiger partial charge in [-0.25, -0.2) is 4.79 Å². The van der Waals surface area contributed by atoms with Crippen LogP contribution in [0.5, 0.6) is 0 Å². The number of hydrogen-bond acceptors (Lipinski definition) is 5. The number of hydrogen-bond donors (Lipinski definition) is 2. The van der Waals surface area contributed by atoms with Gasteiger partial charge in [-0.15, -0.1) is 0 Å². The van der Waals surface area contributed by atoms with Crippen LogP contribution in [0.1, 0.15) is 10.4 Å². The summed E-state index contributed by atoms with van der Waals surface area (Å²) < 4.78 is 4.81. The molecule has 0 heterocycles. The molecule has 0 spiro atoms. The van der Waals surface area contributed by atoms with E-state index in [0.29, 0.717) is 17.0 Å². The van der Waals surface area contributed by atoms with Gasteiger partial charge in [0.2, 0.25) is 0 Å². The largest absolute Gasteiger partial charge is 0.467 e. The van der Waals surface area contributed by atoms with Gasteiger partial charge in [-0.2, -0.15) is 11.8 Å². The molecule has 0 aromatic heterocycles. The van der Waals surface area contributed by atoms with Crippen LogP contribution in [0.25, 0.3) is 21.9 Å². The van der Waals surface area contributed by atoms with Crippen LogP contribution in [0.4, 0.5) is 5.69 Å². The van der Waals surface area contributed by atoms with E-state index in [0.717, 1.165) is 21.9 Å². The maximum absolute atomic E-state index is 13.0. The third-order valence-electron chi connectivity index (χ3n) is 4.49. The summed E-state index contributed by atoms with van der Waals surface area (Å²) >= 11 is 1.46. The number of anilines is 1. The Bertz CT molecular complexity index is 1010. The molecule has 3 N–H and O–H groups in total. The van der Waals surface area contributed by atoms with Crippen molar-refractivity contribution in [1.29, 1.82) is 0 Å². The molecule has 3 rings (SSSR count). The second-order valence-electron chi connectivity index (χ2n) is 6.34. The van der Waals surface area contributed by atoms with Gasteiger partial charge >= 0.3 is 5.97 Å². The molecule has 28 heavy (non-hydrogen) atoms. The molecule has 3 aromatic rings. The minimum atomic E-state index is -0.717. The molecule has 5 nitrogen and oxygen atoms in total. The Kier molecular flexibility index (Phi) is 6.21. The zero-order valence-electron chi connectivity index (χ0n) is 15.8. The normalized spacial score (nSPS) is 11.8. The molecule has 144 valence electrons. The van der Waals surface area contributed by atoms with Gasteiger partial charge in [0.05, 0.1) is 7.11 Å². The van der Waals surface area contributed by atoms with Gasteiger partial charge in [0.25, 0.3) is 5.91 Å². The van der Waals surface area contributed by atoms with Crippen LogP contribution in [0, 0.1) is 0 Å². The van der Waals surface area contributed by atoms with Crippen LogP contribution in [-0.2, 0) is 9.53 Å². The molecule has 3 aromatic carbocycles. The number of amides is 1. The lowest BCUT2D eigenvalue weighted by Gasteiger charge is -2.18. The monoisotopic (exact) mass is 394 g/mol. The Morgan fingerprint density at radius 1 is 1.07 bits per heavy atom. The number of nitrogens with two attached hydrogens (primary N) is 1. The number of fused-ring (bicyclic) bond motifs is 1. The Morgan fingerprint density at radius 2 is 1.82 bits per heavy atom. The van der Waals surface area contributed by atoms with E-state index >= 15 is 0 Å². The zero-order valence-corrected chi connectivity index (χ0v) is 16.6. The molecule has 0 bridgehead atoms. The van der Waals surface area contributed by atoms with E-state index in [9.17, 15) is 9.59 Å². The molecule has 6 heteroatoms. The summed E-state index contributed by atoms with van der Waals surface area (Å²) in [6.07, 6.45) is 1.87. The van der Waals surface area contributed by atoms with Crippen LogP contribution in [0.15, 0.2) is 60.7 Å². The highest BCUT2D eigenvalue weighted by Gasteiger charge is 2.23. The number of thioether (sulfide) groups is 1. The molecule has 1 amide bonds. The first-order chi connectivity index (χ1) is 13.5. The molecule has 0 aliphatic rings. The predicted molar refractivity (Wildman–Crippen MR) is 115 cm³/mol. The fraction of sp³-hybridized carbons (Fsp3) is 0.182. The first kappa shape index (κ1) is 19.8. The Hall–Kier alpha value is -2.99. The van der Waals surface area contributed by atoms with Crippen molar-refractivity contribution >= 4 is 40.1 Å². The van der Waals surface area contributed by atoms with Crippen LogP contribution >= 0.6 is 11.8 Å². The number of rotatable bonds is 6. The van der Waals surface area contributed by atoms with Crippen LogP contribution in [-0.4, -0.2) is 37.0 Å². The molecule has 0 aliphatic heterocycles. The van der Waals surface area contributed by atoms with Crippen molar-refractivity contribution in [3.63, 3.8) is 0 Å². The predicted octanol–water partition coefficient (Wildman–Crippen LogP) is 3.72. The second-order valence-corrected chi connectivity index (χ2v) is 7.25. The summed E-state index contributed by atoms with van der Waals surface area (Å²) in [6, 6.07) is 18.4. The van der Waals surface area contributed by atoms with Crippen molar-refractivity contribution in [2.24, 2.45) is 0 Å². The highest BCUT2D eigenvalue weighted by molar-refractivity contribution is 7.98. The third-order valence-corrected chi connectivity index (χ3v) is 5.16. The Balaban J connectivity index is 2.06. The van der Waals surface area contributed by atoms with Crippen molar-refractivity contribution in [3.05, 3.63) is 66.2 Å². The second kappa shape index (κ2) is 8.80. The van der Waals surface area contributed by atoms with E-state index in [1.165, 1.54) is 18.9 Å². The average molecular weight is 394 g/mol. The summed E-state index contributed by atoms with van der Waals surface area (Å²) in [4.78, 5) is 25.0. The van der Waals surface area contributed by atoms with E-state index in [2.05, 4.69) is 5.32 Å². The number of nitrogens with one attached hydrogen (secondary N) is 1. The number of carbonyl (C=O) groups is 2. The first-order valence-corrected chi connectivity index (χ1v) is 10.2. The molecule has 0 aliphatic carbocycles. The molecule has 0 unspecified atom stereocenters. The fourth-order valence-corrected chi connectivity index (χ4v) is 3.71. The molecular formula is C22H22N2O3S. The summed E-state index contributed by atoms with van der Waals surface area (Å²) in [5.74, 6) is -0.381. The summed E-state index contributed by atoms with van der Waals surface area (Å²) in [6.45, 7) is 0. The number of benzene rings is 3. The van der Waals surface area contributed by atoms with Crippen LogP contribution in [0.2, 0.25) is 0 Å². The molecule has 0 fully saturated rings. The Labute approximate surface area is 168 Å². The van der Waals surface area contributed by atoms with E-state index in [-0.39, 0.29) is 5.91 Å². The SMILES string of the molecule is COC(=O)[C@H](CSC)NC(=O)c1ccc(N)cc1-c1cccc2ccccc12. The van der Waals surface area contributed by atoms with E-state index in [1.807, 2.05) is 48.7 Å². The maximum atomic E-state index is 13.0. The standard InChI is InChI=1S/C22H22N2O3S/c1-27-22(26)20(13-28-2)24-21(25)18-11-10-15(23)12-19(18)17-9-5-7-14-6-3-4-8-16(14)17/h3-12,20H,13,23H2,1-2H3,(H,24,25)/t20-/m0/s1. The molecule has 0 radical (unpaired) electrons. The Morgan fingerprint density at radius 3 is 2.57 bits per heavy atom. The number of nitrogen functional groups attached to an aromatic ring is 1. The van der Waals surface area contributed by atoms with Crippen molar-refractivity contribution in [3.8, 4) is 11.1 Å². The average Bonchev–Trinajstić information content (AvgIpc) is 2.72. The highest BCUT2D eigenvalue weighted by Crippen LogP contribution is 2.32. The number of methoxy groups -OCH3 is 1. The zero-order chi connectivity index (χ0) is 20.1. The van der Waals surface area contributed by atoms with Gasteiger partial charge in [0.15, 0.2) is 0 Å². The quantitative estimate of drug-likeness (QED) is 0.492. The van der Waals surface area contributed by atoms with Gasteiger partial charge in [-0.1, -0.05) is 42.5 Å². The number of ether oxygens (including phenoxy) is 1. The van der Waals surface area contributed by atoms with Gasteiger partial charge in [-0.05, 0) is 46.4 Å². The van der Waals surface area contributed by atoms with Crippen LogP contribution in [0.3, 0.4) is 0 Å². The van der Waals surface area contributed by atoms with Gasteiger partial charge in [0, 0.05) is 17.0 Å². The minimum Gasteiger partial charge on any atom is -0.467 e. The smallest absolute Gasteiger partial charge is 0.329 e. The van der Waals surface area contributed by atoms with Crippen molar-refractivity contribution < 1.29 is 14.3 Å². The van der Waals surface area contributed by atoms with Crippen molar-refractivity contribution in [2.45, 2.75) is 6.04 Å². The van der Waals surface area contributed by atoms with Crippen molar-refractivity contribution in [2.75, 3.05) is 24.9 Å². The third kappa shape index (κ3) is 4.12. The number of esters is 1. The van der Waals surface area contributed by atoms with Gasteiger partial charge in [-0.3, -0.25) is 4.79 Å². The van der Waals surface area contributed by atoms with E-state index in [4.69, 9.17) is 10.5 Å². The first-order valence-electron chi connectivity index (χ1n) is 8.80. The van der Waals surface area contributed by atoms with E-state index < -0.39 is 12.0 Å². The lowest BCUT2D eigenvalue weighted by molar-refractivity contribution is -0.142. The summed E-state index contributed by atoms with van der Waals surface area (Å²) in [5.41, 5.74) is 8.68. The molecule has 0 saturated heterocycles. The lowest BCUT2D eigenvalue weighted by atomic mass is 9.93. The molecule has 1 atom stereocenters. The minimum absolute atomic E-state index is 0.340. The molecule has 0 saturated carbocycles. The summed E-state index contributed by atoms with van der Waals surface area (Å²) in [7, 11) is 1.31. The van der Waals surface area contributed by atoms with E-state index in [1.54, 1.807) is 18.2 Å². The highest BCUT2D eigenvalue weighted by atomic mass is 32.2. The van der Waals surface area contributed by atoms with Gasteiger partial charge < -0.3 is 15.8 Å². The summed E-state index contributed by atoms with van der Waals surface area (Å²) in [5, 5.41) is 4.89. The molecular weight excluding hydrogens is 372 g/mol. The fourth-order valence-electron chi connectivity index (χ4n) is 3.16. The lowest BCUT2D eigenvalue weighted by Crippen LogP contribution is -2.43. The van der Waals surface area contributed by atoms with Crippen molar-refractivity contribution in [1.82, 2.24) is 5.32 Å². The van der Waals surface area contributed by atoms with Crippen LogP contribution < -0.4 is 11.1 Å².